The molecule has 0 aliphatic carbocycles. The fourth-order valence-corrected chi connectivity index (χ4v) is 1.98. The number of ether oxygens (including phenoxy) is 1. The smallest absolute Gasteiger partial charge is 0.231 e. The number of pyridine rings is 1. The second-order valence-corrected chi connectivity index (χ2v) is 4.69. The van der Waals surface area contributed by atoms with Crippen LogP contribution >= 0.6 is 0 Å². The van der Waals surface area contributed by atoms with Crippen molar-refractivity contribution >= 4 is 11.6 Å². The van der Waals surface area contributed by atoms with E-state index in [0.29, 0.717) is 17.2 Å². The zero-order valence-electron chi connectivity index (χ0n) is 12.6. The first kappa shape index (κ1) is 14.5. The minimum absolute atomic E-state index is 0.280. The Labute approximate surface area is 132 Å². The van der Waals surface area contributed by atoms with Gasteiger partial charge in [0.1, 0.15) is 11.6 Å². The van der Waals surface area contributed by atoms with Gasteiger partial charge in [-0.2, -0.15) is 10.4 Å². The third-order valence-corrected chi connectivity index (χ3v) is 3.08. The van der Waals surface area contributed by atoms with Gasteiger partial charge in [-0.25, -0.2) is 15.0 Å². The van der Waals surface area contributed by atoms with Gasteiger partial charge in [-0.1, -0.05) is 0 Å². The first-order chi connectivity index (χ1) is 11.2. The van der Waals surface area contributed by atoms with Gasteiger partial charge in [0.05, 0.1) is 24.7 Å². The Bertz CT molecular complexity index is 864. The average molecular weight is 307 g/mol. The summed E-state index contributed by atoms with van der Waals surface area (Å²) in [6.45, 7) is 0. The third kappa shape index (κ3) is 3.08. The normalized spacial score (nSPS) is 10.1. The highest BCUT2D eigenvalue weighted by molar-refractivity contribution is 5.61. The van der Waals surface area contributed by atoms with E-state index in [0.717, 1.165) is 11.3 Å². The zero-order valence-corrected chi connectivity index (χ0v) is 12.6. The lowest BCUT2D eigenvalue weighted by Gasteiger charge is -2.06. The molecule has 0 unspecified atom stereocenters. The summed E-state index contributed by atoms with van der Waals surface area (Å²) in [4.78, 5) is 12.8. The molecule has 0 saturated heterocycles. The number of aryl methyl sites for hydroxylation is 1. The Morgan fingerprint density at radius 2 is 2.00 bits per heavy atom. The SMILES string of the molecule is COc1nc(-c2cnc(Nc3cnn(C)c3)nc2)ccc1C#N. The maximum atomic E-state index is 8.98. The van der Waals surface area contributed by atoms with Gasteiger partial charge in [0, 0.05) is 31.2 Å². The van der Waals surface area contributed by atoms with Gasteiger partial charge in [0.2, 0.25) is 11.8 Å². The maximum Gasteiger partial charge on any atom is 0.231 e. The average Bonchev–Trinajstić information content (AvgIpc) is 3.00. The number of anilines is 2. The molecule has 3 aromatic rings. The first-order valence-electron chi connectivity index (χ1n) is 6.73. The fourth-order valence-electron chi connectivity index (χ4n) is 1.98. The van der Waals surface area contributed by atoms with Gasteiger partial charge in [-0.3, -0.25) is 4.68 Å². The van der Waals surface area contributed by atoms with E-state index in [1.54, 1.807) is 35.4 Å². The monoisotopic (exact) mass is 307 g/mol. The highest BCUT2D eigenvalue weighted by Gasteiger charge is 2.08. The quantitative estimate of drug-likeness (QED) is 0.785. The van der Waals surface area contributed by atoms with Crippen LogP contribution in [0.1, 0.15) is 5.56 Å². The lowest BCUT2D eigenvalue weighted by Crippen LogP contribution is -1.98. The molecule has 0 amide bonds. The minimum Gasteiger partial charge on any atom is -0.480 e. The van der Waals surface area contributed by atoms with Crippen molar-refractivity contribution in [3.8, 4) is 23.2 Å². The number of nitrogens with zero attached hydrogens (tertiary/aromatic N) is 6. The van der Waals surface area contributed by atoms with E-state index in [9.17, 15) is 0 Å². The largest absolute Gasteiger partial charge is 0.480 e. The van der Waals surface area contributed by atoms with Crippen molar-refractivity contribution in [1.29, 1.82) is 5.26 Å². The van der Waals surface area contributed by atoms with Gasteiger partial charge in [-0.15, -0.1) is 0 Å². The summed E-state index contributed by atoms with van der Waals surface area (Å²) in [5, 5.41) is 16.1. The second-order valence-electron chi connectivity index (χ2n) is 4.69. The van der Waals surface area contributed by atoms with E-state index >= 15 is 0 Å². The number of rotatable bonds is 4. The summed E-state index contributed by atoms with van der Waals surface area (Å²) < 4.78 is 6.79. The van der Waals surface area contributed by atoms with Gasteiger partial charge < -0.3 is 10.1 Å². The molecular formula is C15H13N7O. The summed E-state index contributed by atoms with van der Waals surface area (Å²) in [5.41, 5.74) is 2.55. The van der Waals surface area contributed by atoms with Crippen molar-refractivity contribution < 1.29 is 4.74 Å². The molecule has 114 valence electrons. The van der Waals surface area contributed by atoms with Gasteiger partial charge in [0.25, 0.3) is 0 Å². The van der Waals surface area contributed by atoms with E-state index in [1.807, 2.05) is 19.3 Å². The Balaban J connectivity index is 1.83. The van der Waals surface area contributed by atoms with Crippen LogP contribution in [0, 0.1) is 11.3 Å². The van der Waals surface area contributed by atoms with Crippen LogP contribution in [0.4, 0.5) is 11.6 Å². The van der Waals surface area contributed by atoms with Crippen LogP contribution < -0.4 is 10.1 Å². The second kappa shape index (κ2) is 6.11. The van der Waals surface area contributed by atoms with Crippen molar-refractivity contribution in [2.75, 3.05) is 12.4 Å². The number of hydrogen-bond donors (Lipinski definition) is 1. The molecule has 1 N–H and O–H groups in total. The zero-order chi connectivity index (χ0) is 16.2. The van der Waals surface area contributed by atoms with Crippen LogP contribution in [0.15, 0.2) is 36.9 Å². The molecule has 8 nitrogen and oxygen atoms in total. The van der Waals surface area contributed by atoms with Crippen molar-refractivity contribution in [3.63, 3.8) is 0 Å². The molecule has 0 aromatic carbocycles. The summed E-state index contributed by atoms with van der Waals surface area (Å²) >= 11 is 0. The summed E-state index contributed by atoms with van der Waals surface area (Å²) in [6, 6.07) is 5.41. The summed E-state index contributed by atoms with van der Waals surface area (Å²) in [7, 11) is 3.31. The molecule has 0 bridgehead atoms. The molecule has 8 heteroatoms. The van der Waals surface area contributed by atoms with Crippen LogP contribution in [0.2, 0.25) is 0 Å². The highest BCUT2D eigenvalue weighted by atomic mass is 16.5. The molecule has 3 aromatic heterocycles. The lowest BCUT2D eigenvalue weighted by molar-refractivity contribution is 0.397. The first-order valence-corrected chi connectivity index (χ1v) is 6.73. The van der Waals surface area contributed by atoms with Crippen molar-refractivity contribution in [1.82, 2.24) is 24.7 Å². The number of nitriles is 1. The third-order valence-electron chi connectivity index (χ3n) is 3.08. The fraction of sp³-hybridized carbons (Fsp3) is 0.133. The topological polar surface area (TPSA) is 102 Å². The molecule has 0 atom stereocenters. The Kier molecular flexibility index (Phi) is 3.84. The van der Waals surface area contributed by atoms with E-state index < -0.39 is 0 Å². The molecule has 0 aliphatic rings. The molecule has 0 aliphatic heterocycles. The Morgan fingerprint density at radius 1 is 1.22 bits per heavy atom. The predicted molar refractivity (Wildman–Crippen MR) is 83.0 cm³/mol. The van der Waals surface area contributed by atoms with Crippen LogP contribution in [0.3, 0.4) is 0 Å². The van der Waals surface area contributed by atoms with Crippen molar-refractivity contribution in [3.05, 3.63) is 42.5 Å². The summed E-state index contributed by atoms with van der Waals surface area (Å²) in [5.74, 6) is 0.741. The minimum atomic E-state index is 0.280. The van der Waals surface area contributed by atoms with Gasteiger partial charge in [0.15, 0.2) is 0 Å². The van der Waals surface area contributed by atoms with E-state index in [1.165, 1.54) is 7.11 Å². The summed E-state index contributed by atoms with van der Waals surface area (Å²) in [6.07, 6.45) is 6.81. The van der Waals surface area contributed by atoms with Gasteiger partial charge in [-0.05, 0) is 12.1 Å². The number of methoxy groups -OCH3 is 1. The van der Waals surface area contributed by atoms with Crippen LogP contribution in [0.25, 0.3) is 11.3 Å². The molecule has 0 saturated carbocycles. The predicted octanol–water partition coefficient (Wildman–Crippen LogP) is 1.90. The molecule has 3 rings (SSSR count). The molecule has 3 heterocycles. The van der Waals surface area contributed by atoms with Crippen LogP contribution in [-0.4, -0.2) is 31.8 Å². The van der Waals surface area contributed by atoms with Gasteiger partial charge >= 0.3 is 0 Å². The molecule has 0 spiro atoms. The Hall–Kier alpha value is -3.47. The molecule has 0 radical (unpaired) electrons. The van der Waals surface area contributed by atoms with E-state index in [2.05, 4.69) is 25.4 Å². The van der Waals surface area contributed by atoms with E-state index in [-0.39, 0.29) is 5.88 Å². The molecule has 0 fully saturated rings. The Morgan fingerprint density at radius 3 is 2.61 bits per heavy atom. The maximum absolute atomic E-state index is 8.98. The highest BCUT2D eigenvalue weighted by Crippen LogP contribution is 2.22. The van der Waals surface area contributed by atoms with Crippen LogP contribution in [-0.2, 0) is 7.05 Å². The van der Waals surface area contributed by atoms with Crippen molar-refractivity contribution in [2.24, 2.45) is 7.05 Å². The standard InChI is InChI=1S/C15H13N7O/c1-22-9-12(8-19-22)20-15-17-6-11(7-18-15)13-4-3-10(5-16)14(21-13)23-2/h3-4,6-9H,1-2H3,(H,17,18,20). The molecular weight excluding hydrogens is 294 g/mol. The number of aromatic nitrogens is 5. The number of hydrogen-bond acceptors (Lipinski definition) is 7. The number of nitrogens with one attached hydrogen (secondary N) is 1. The lowest BCUT2D eigenvalue weighted by atomic mass is 10.2. The molecule has 23 heavy (non-hydrogen) atoms. The van der Waals surface area contributed by atoms with E-state index in [4.69, 9.17) is 10.00 Å². The van der Waals surface area contributed by atoms with Crippen LogP contribution in [0.5, 0.6) is 5.88 Å². The van der Waals surface area contributed by atoms with Crippen molar-refractivity contribution in [2.45, 2.75) is 0 Å².